The van der Waals surface area contributed by atoms with Crippen molar-refractivity contribution in [1.29, 1.82) is 0 Å². The first-order chi connectivity index (χ1) is 28.0. The van der Waals surface area contributed by atoms with E-state index in [0.717, 1.165) is 26.8 Å². The van der Waals surface area contributed by atoms with E-state index < -0.39 is 35.6 Å². The number of aryl methyl sites for hydroxylation is 1. The van der Waals surface area contributed by atoms with E-state index in [-0.39, 0.29) is 48.8 Å². The van der Waals surface area contributed by atoms with Crippen LogP contribution in [0, 0.1) is 0 Å². The summed E-state index contributed by atoms with van der Waals surface area (Å²) < 4.78 is 53.8. The maximum atomic E-state index is 13.9. The number of nitrogens with one attached hydrogen (secondary N) is 3. The quantitative estimate of drug-likeness (QED) is 0.0930. The summed E-state index contributed by atoms with van der Waals surface area (Å²) in [6.45, 7) is 3.40. The molecule has 2 aromatic heterocycles. The molecule has 0 bridgehead atoms. The van der Waals surface area contributed by atoms with Gasteiger partial charge in [0.1, 0.15) is 6.04 Å². The monoisotopic (exact) mass is 807 g/mol. The van der Waals surface area contributed by atoms with Gasteiger partial charge in [-0.2, -0.15) is 5.10 Å². The number of aromatic nitrogens is 3. The van der Waals surface area contributed by atoms with Gasteiger partial charge >= 0.3 is 0 Å². The van der Waals surface area contributed by atoms with Crippen molar-refractivity contribution >= 4 is 57.2 Å². The van der Waals surface area contributed by atoms with Gasteiger partial charge < -0.3 is 34.1 Å². The molecule has 1 unspecified atom stereocenters. The fourth-order valence-electron chi connectivity index (χ4n) is 7.74. The first-order valence-corrected chi connectivity index (χ1v) is 19.5. The van der Waals surface area contributed by atoms with Gasteiger partial charge in [0.05, 0.1) is 69.5 Å². The van der Waals surface area contributed by atoms with Crippen molar-refractivity contribution in [2.75, 3.05) is 71.3 Å². The van der Waals surface area contributed by atoms with Gasteiger partial charge in [0.15, 0.2) is 5.65 Å². The van der Waals surface area contributed by atoms with Crippen molar-refractivity contribution in [2.24, 2.45) is 7.05 Å². The van der Waals surface area contributed by atoms with E-state index >= 15 is 0 Å². The minimum Gasteiger partial charge on any atom is -0.382 e. The van der Waals surface area contributed by atoms with Crippen LogP contribution >= 0.6 is 0 Å². The van der Waals surface area contributed by atoms with Crippen LogP contribution in [0.4, 0.5) is 14.5 Å². The maximum Gasteiger partial charge on any atom is 0.264 e. The Hall–Kier alpha value is -5.30. The molecule has 2 aliphatic heterocycles. The number of nitrogens with zero attached hydrogens (tertiary/aromatic N) is 4. The summed E-state index contributed by atoms with van der Waals surface area (Å²) in [4.78, 5) is 63.9. The van der Waals surface area contributed by atoms with Crippen LogP contribution in [0.5, 0.6) is 0 Å². The molecule has 1 atom stereocenters. The molecule has 1 saturated heterocycles. The van der Waals surface area contributed by atoms with Crippen molar-refractivity contribution in [1.82, 2.24) is 29.9 Å². The largest absolute Gasteiger partial charge is 0.382 e. The number of piperidine rings is 1. The van der Waals surface area contributed by atoms with E-state index in [1.807, 2.05) is 25.4 Å². The lowest BCUT2D eigenvalue weighted by Crippen LogP contribution is -2.54. The molecular weight excluding hydrogens is 760 g/mol. The van der Waals surface area contributed by atoms with Gasteiger partial charge in [-0.15, -0.1) is 0 Å². The zero-order chi connectivity index (χ0) is 40.8. The maximum absolute atomic E-state index is 13.9. The van der Waals surface area contributed by atoms with Crippen molar-refractivity contribution in [2.45, 2.75) is 56.5 Å². The Bertz CT molecular complexity index is 2180. The lowest BCUT2D eigenvalue weighted by molar-refractivity contribution is -0.136. The number of benzene rings is 2. The summed E-state index contributed by atoms with van der Waals surface area (Å²) in [5.41, 5.74) is 2.96. The molecule has 16 nitrogen and oxygen atoms in total. The number of halogens is 2. The molecule has 3 aliphatic rings. The number of anilines is 1. The summed E-state index contributed by atoms with van der Waals surface area (Å²) in [6.07, 6.45) is 2.48. The van der Waals surface area contributed by atoms with Crippen LogP contribution in [0.15, 0.2) is 42.6 Å². The first kappa shape index (κ1) is 40.9. The number of amides is 5. The average Bonchev–Trinajstić information content (AvgIpc) is 3.81. The normalized spacial score (nSPS) is 18.3. The van der Waals surface area contributed by atoms with Crippen LogP contribution in [0.25, 0.3) is 21.9 Å². The molecule has 18 heteroatoms. The van der Waals surface area contributed by atoms with E-state index in [1.165, 1.54) is 0 Å². The molecule has 0 spiro atoms. The Labute approximate surface area is 332 Å². The molecule has 4 aromatic rings. The second-order valence-electron chi connectivity index (χ2n) is 14.5. The van der Waals surface area contributed by atoms with Gasteiger partial charge in [-0.25, -0.2) is 8.78 Å². The number of fused-ring (bicyclic) bond motifs is 4. The Morgan fingerprint density at radius 2 is 1.53 bits per heavy atom. The van der Waals surface area contributed by atoms with Crippen LogP contribution in [-0.4, -0.2) is 127 Å². The predicted octanol–water partition coefficient (Wildman–Crippen LogP) is 3.59. The number of rotatable bonds is 19. The highest BCUT2D eigenvalue weighted by Crippen LogP contribution is 2.42. The number of hydrogen-bond donors (Lipinski definition) is 3. The van der Waals surface area contributed by atoms with Crippen LogP contribution in [0.1, 0.15) is 75.6 Å². The second-order valence-corrected chi connectivity index (χ2v) is 14.5. The van der Waals surface area contributed by atoms with Crippen molar-refractivity contribution < 1.29 is 51.7 Å². The molecule has 5 amide bonds. The number of alkyl halides is 2. The molecule has 2 fully saturated rings. The topological polar surface area (TPSA) is 184 Å². The molecule has 0 radical (unpaired) electrons. The van der Waals surface area contributed by atoms with E-state index in [2.05, 4.69) is 25.6 Å². The van der Waals surface area contributed by atoms with Crippen molar-refractivity contribution in [3.8, 4) is 0 Å². The summed E-state index contributed by atoms with van der Waals surface area (Å²) in [6, 6.07) is 9.22. The summed E-state index contributed by atoms with van der Waals surface area (Å²) in [7, 11) is 1.82. The molecule has 4 heterocycles. The Kier molecular flexibility index (Phi) is 12.8. The highest BCUT2D eigenvalue weighted by Gasteiger charge is 2.45. The lowest BCUT2D eigenvalue weighted by Gasteiger charge is -2.29. The number of imide groups is 2. The van der Waals surface area contributed by atoms with Gasteiger partial charge in [0.2, 0.25) is 17.7 Å². The predicted molar refractivity (Wildman–Crippen MR) is 206 cm³/mol. The molecule has 58 heavy (non-hydrogen) atoms. The summed E-state index contributed by atoms with van der Waals surface area (Å²) in [5.74, 6) is -5.09. The molecule has 2 aromatic carbocycles. The molecule has 7 rings (SSSR count). The zero-order valence-electron chi connectivity index (χ0n) is 32.2. The third kappa shape index (κ3) is 9.04. The fourth-order valence-corrected chi connectivity index (χ4v) is 7.74. The van der Waals surface area contributed by atoms with Gasteiger partial charge in [-0.05, 0) is 49.6 Å². The highest BCUT2D eigenvalue weighted by atomic mass is 19.3. The fraction of sp³-hybridized carbons (Fsp3) is 0.500. The smallest absolute Gasteiger partial charge is 0.264 e. The molecule has 1 saturated carbocycles. The number of ether oxygens (including phenoxy) is 4. The first-order valence-electron chi connectivity index (χ1n) is 19.5. The van der Waals surface area contributed by atoms with Gasteiger partial charge in [0, 0.05) is 73.7 Å². The summed E-state index contributed by atoms with van der Waals surface area (Å²) >= 11 is 0. The molecule has 1 aliphatic carbocycles. The van der Waals surface area contributed by atoms with Gasteiger partial charge in [0.25, 0.3) is 17.7 Å². The van der Waals surface area contributed by atoms with Crippen LogP contribution in [0.3, 0.4) is 0 Å². The molecular formula is C40H47F2N7O9. The van der Waals surface area contributed by atoms with Crippen molar-refractivity contribution in [3.05, 3.63) is 59.3 Å². The number of hydrogen-bond acceptors (Lipinski definition) is 11. The van der Waals surface area contributed by atoms with Gasteiger partial charge in [-0.3, -0.25) is 38.9 Å². The Morgan fingerprint density at radius 3 is 2.22 bits per heavy atom. The second kappa shape index (κ2) is 18.1. The lowest BCUT2D eigenvalue weighted by atomic mass is 9.92. The van der Waals surface area contributed by atoms with Crippen molar-refractivity contribution in [3.63, 3.8) is 0 Å². The van der Waals surface area contributed by atoms with Crippen LogP contribution in [0.2, 0.25) is 0 Å². The number of carbonyl (C=O) groups excluding carboxylic acids is 5. The van der Waals surface area contributed by atoms with E-state index in [1.54, 1.807) is 28.9 Å². The number of carbonyl (C=O) groups is 5. The van der Waals surface area contributed by atoms with E-state index in [4.69, 9.17) is 18.9 Å². The van der Waals surface area contributed by atoms with E-state index in [0.29, 0.717) is 90.0 Å². The van der Waals surface area contributed by atoms with Crippen LogP contribution < -0.4 is 16.0 Å². The van der Waals surface area contributed by atoms with Gasteiger partial charge in [-0.1, -0.05) is 6.07 Å². The van der Waals surface area contributed by atoms with Crippen LogP contribution in [-0.2, 0) is 35.6 Å². The average molecular weight is 808 g/mol. The highest BCUT2D eigenvalue weighted by molar-refractivity contribution is 6.25. The third-order valence-electron chi connectivity index (χ3n) is 10.6. The third-order valence-corrected chi connectivity index (χ3v) is 10.6. The Balaban J connectivity index is 0.727. The standard InChI is InChI=1S/C40H47F2N7O9/c1-47-24-29-28-23-25(5-6-31(28)48(35(29)46-47)26-9-11-40(41,42)12-10-26)36(51)44-14-16-56-18-20-58-22-21-57-19-17-55-15-13-43-30-4-2-3-27-34(30)39(54)49(38(27)53)32-7-8-33(50)45-37(32)52/h2-6,23-24,26,32,43H,7-22H2,1H3,(H,44,51)(H,45,50,52). The summed E-state index contributed by atoms with van der Waals surface area (Å²) in [5, 5.41) is 14.6. The molecule has 310 valence electrons. The minimum atomic E-state index is -2.63. The van der Waals surface area contributed by atoms with E-state index in [9.17, 15) is 32.8 Å². The SMILES string of the molecule is Cn1cc2c3cc(C(=O)NCCOCCOCCOCCOCCNc4cccc5c4C(=O)N(C4CCC(=O)NC4=O)C5=O)ccc3n(C3CCC(F)(F)CC3)c2n1. The minimum absolute atomic E-state index is 0.0523. The zero-order valence-corrected chi connectivity index (χ0v) is 32.2. The molecule has 3 N–H and O–H groups in total. The Morgan fingerprint density at radius 1 is 0.862 bits per heavy atom.